The van der Waals surface area contributed by atoms with E-state index >= 15 is 0 Å². The van der Waals surface area contributed by atoms with Crippen LogP contribution in [0, 0.1) is 5.82 Å². The van der Waals surface area contributed by atoms with Gasteiger partial charge in [-0.15, -0.1) is 11.8 Å². The van der Waals surface area contributed by atoms with Crippen LogP contribution in [-0.4, -0.2) is 17.0 Å². The molecule has 0 spiro atoms. The van der Waals surface area contributed by atoms with Crippen molar-refractivity contribution < 1.29 is 4.39 Å². The van der Waals surface area contributed by atoms with E-state index in [4.69, 9.17) is 11.6 Å². The van der Waals surface area contributed by atoms with E-state index < -0.39 is 0 Å². The Morgan fingerprint density at radius 2 is 1.69 bits per heavy atom. The topological polar surface area (TPSA) is 37.8 Å². The second-order valence-electron chi connectivity index (χ2n) is 5.43. The van der Waals surface area contributed by atoms with E-state index in [1.807, 2.05) is 37.4 Å². The fraction of sp³-hybridized carbons (Fsp3) is 0.158. The third-order valence-electron chi connectivity index (χ3n) is 3.50. The quantitative estimate of drug-likeness (QED) is 0.391. The van der Waals surface area contributed by atoms with Gasteiger partial charge in [-0.25, -0.2) is 14.4 Å². The summed E-state index contributed by atoms with van der Waals surface area (Å²) in [7, 11) is 1.84. The van der Waals surface area contributed by atoms with E-state index in [0.717, 1.165) is 32.7 Å². The smallest absolute Gasteiger partial charge is 0.190 e. The maximum Gasteiger partial charge on any atom is 0.190 e. The Bertz CT molecular complexity index is 790. The minimum absolute atomic E-state index is 0.228. The molecule has 0 radical (unpaired) electrons. The Balaban J connectivity index is 1.67. The molecular weight excluding hydrogens is 389 g/mol. The van der Waals surface area contributed by atoms with E-state index in [2.05, 4.69) is 15.3 Å². The van der Waals surface area contributed by atoms with Gasteiger partial charge in [0.25, 0.3) is 0 Å². The van der Waals surface area contributed by atoms with Gasteiger partial charge in [-0.05, 0) is 42.0 Å². The largest absolute Gasteiger partial charge is 0.373 e. The van der Waals surface area contributed by atoms with Crippen molar-refractivity contribution in [1.29, 1.82) is 0 Å². The van der Waals surface area contributed by atoms with Crippen LogP contribution in [0.3, 0.4) is 0 Å². The van der Waals surface area contributed by atoms with Crippen LogP contribution >= 0.6 is 35.1 Å². The normalized spacial score (nSPS) is 10.7. The van der Waals surface area contributed by atoms with Crippen LogP contribution in [0.5, 0.6) is 0 Å². The van der Waals surface area contributed by atoms with Gasteiger partial charge in [-0.2, -0.15) is 0 Å². The molecule has 0 saturated heterocycles. The van der Waals surface area contributed by atoms with Gasteiger partial charge in [0.05, 0.1) is 5.69 Å². The van der Waals surface area contributed by atoms with Crippen molar-refractivity contribution in [3.05, 3.63) is 76.7 Å². The molecule has 2 aromatic carbocycles. The Labute approximate surface area is 165 Å². The van der Waals surface area contributed by atoms with Gasteiger partial charge in [-0.1, -0.05) is 35.5 Å². The number of anilines is 1. The van der Waals surface area contributed by atoms with E-state index in [-0.39, 0.29) is 5.82 Å². The molecule has 1 heterocycles. The van der Waals surface area contributed by atoms with Crippen molar-refractivity contribution in [2.75, 3.05) is 12.4 Å². The number of benzene rings is 2. The second kappa shape index (κ2) is 9.26. The van der Waals surface area contributed by atoms with Gasteiger partial charge in [0.1, 0.15) is 11.6 Å². The highest BCUT2D eigenvalue weighted by Crippen LogP contribution is 2.26. The highest BCUT2D eigenvalue weighted by molar-refractivity contribution is 7.98. The van der Waals surface area contributed by atoms with Gasteiger partial charge in [0.2, 0.25) is 0 Å². The second-order valence-corrected chi connectivity index (χ2v) is 7.86. The molecule has 7 heteroatoms. The molecule has 1 aromatic heterocycles. The molecule has 3 nitrogen and oxygen atoms in total. The number of thioether (sulfide) groups is 2. The first-order chi connectivity index (χ1) is 12.6. The number of hydrogen-bond donors (Lipinski definition) is 1. The number of nitrogens with zero attached hydrogens (tertiary/aromatic N) is 2. The van der Waals surface area contributed by atoms with E-state index in [1.165, 1.54) is 23.9 Å². The van der Waals surface area contributed by atoms with E-state index in [9.17, 15) is 4.39 Å². The summed E-state index contributed by atoms with van der Waals surface area (Å²) >= 11 is 9.16. The highest BCUT2D eigenvalue weighted by atomic mass is 35.5. The summed E-state index contributed by atoms with van der Waals surface area (Å²) in [4.78, 5) is 10.3. The molecule has 26 heavy (non-hydrogen) atoms. The predicted octanol–water partition coefficient (Wildman–Crippen LogP) is 5.90. The van der Waals surface area contributed by atoms with Crippen LogP contribution in [-0.2, 0) is 11.5 Å². The van der Waals surface area contributed by atoms with Crippen molar-refractivity contribution >= 4 is 40.9 Å². The van der Waals surface area contributed by atoms with Gasteiger partial charge in [0, 0.05) is 34.5 Å². The van der Waals surface area contributed by atoms with Gasteiger partial charge < -0.3 is 5.32 Å². The fourth-order valence-electron chi connectivity index (χ4n) is 2.16. The third kappa shape index (κ3) is 5.62. The molecule has 0 aliphatic heterocycles. The average Bonchev–Trinajstić information content (AvgIpc) is 2.67. The molecule has 0 fully saturated rings. The van der Waals surface area contributed by atoms with Crippen LogP contribution in [0.4, 0.5) is 10.2 Å². The molecule has 0 aliphatic rings. The molecule has 1 N–H and O–H groups in total. The van der Waals surface area contributed by atoms with Crippen molar-refractivity contribution in [3.8, 4) is 0 Å². The lowest BCUT2D eigenvalue weighted by atomic mass is 10.2. The number of hydrogen-bond acceptors (Lipinski definition) is 5. The van der Waals surface area contributed by atoms with Gasteiger partial charge >= 0.3 is 0 Å². The van der Waals surface area contributed by atoms with Crippen LogP contribution in [0.25, 0.3) is 0 Å². The van der Waals surface area contributed by atoms with E-state index in [0.29, 0.717) is 10.9 Å². The zero-order valence-electron chi connectivity index (χ0n) is 14.1. The van der Waals surface area contributed by atoms with Crippen molar-refractivity contribution in [2.45, 2.75) is 21.6 Å². The molecule has 0 amide bonds. The molecular formula is C19H17ClFN3S2. The van der Waals surface area contributed by atoms with Crippen LogP contribution < -0.4 is 5.32 Å². The first-order valence-corrected chi connectivity index (χ1v) is 10.3. The Morgan fingerprint density at radius 1 is 0.962 bits per heavy atom. The number of halogens is 2. The van der Waals surface area contributed by atoms with Crippen LogP contribution in [0.1, 0.15) is 11.3 Å². The van der Waals surface area contributed by atoms with Crippen LogP contribution in [0.2, 0.25) is 5.02 Å². The lowest BCUT2D eigenvalue weighted by Crippen LogP contribution is -1.99. The summed E-state index contributed by atoms with van der Waals surface area (Å²) < 4.78 is 13.0. The average molecular weight is 406 g/mol. The van der Waals surface area contributed by atoms with Crippen LogP contribution in [0.15, 0.2) is 64.6 Å². The fourth-order valence-corrected chi connectivity index (χ4v) is 3.91. The molecule has 0 atom stereocenters. The third-order valence-corrected chi connectivity index (χ3v) is 5.71. The van der Waals surface area contributed by atoms with Crippen molar-refractivity contribution in [2.24, 2.45) is 0 Å². The summed E-state index contributed by atoms with van der Waals surface area (Å²) in [5, 5.41) is 4.51. The maximum absolute atomic E-state index is 13.0. The minimum atomic E-state index is -0.228. The molecule has 0 aliphatic carbocycles. The summed E-state index contributed by atoms with van der Waals surface area (Å²) in [6.45, 7) is 0. The first kappa shape index (κ1) is 19.0. The Morgan fingerprint density at radius 3 is 2.38 bits per heavy atom. The summed E-state index contributed by atoms with van der Waals surface area (Å²) in [6.07, 6.45) is 0. The lowest BCUT2D eigenvalue weighted by Gasteiger charge is -2.08. The maximum atomic E-state index is 13.0. The molecule has 134 valence electrons. The number of rotatable bonds is 7. The predicted molar refractivity (Wildman–Crippen MR) is 109 cm³/mol. The number of nitrogens with one attached hydrogen (secondary N) is 1. The van der Waals surface area contributed by atoms with Crippen molar-refractivity contribution in [1.82, 2.24) is 9.97 Å². The highest BCUT2D eigenvalue weighted by Gasteiger charge is 2.07. The Kier molecular flexibility index (Phi) is 6.77. The monoisotopic (exact) mass is 405 g/mol. The zero-order valence-corrected chi connectivity index (χ0v) is 16.5. The Hall–Kier alpha value is -1.76. The first-order valence-electron chi connectivity index (χ1n) is 7.94. The SMILES string of the molecule is CNc1cc(CSc2ccc(Cl)cc2)nc(SCc2ccc(F)cc2)n1. The number of aromatic nitrogens is 2. The summed E-state index contributed by atoms with van der Waals surface area (Å²) in [5.74, 6) is 1.99. The van der Waals surface area contributed by atoms with Gasteiger partial charge in [-0.3, -0.25) is 0 Å². The molecule has 3 rings (SSSR count). The zero-order chi connectivity index (χ0) is 18.4. The summed E-state index contributed by atoms with van der Waals surface area (Å²) in [6, 6.07) is 16.2. The molecule has 0 unspecified atom stereocenters. The van der Waals surface area contributed by atoms with Gasteiger partial charge in [0.15, 0.2) is 5.16 Å². The minimum Gasteiger partial charge on any atom is -0.373 e. The molecule has 3 aromatic rings. The standard InChI is InChI=1S/C19H17ClFN3S2/c1-22-18-10-16(12-25-17-8-4-14(20)5-9-17)23-19(24-18)26-11-13-2-6-15(21)7-3-13/h2-10H,11-12H2,1H3,(H,22,23,24). The van der Waals surface area contributed by atoms with Crippen molar-refractivity contribution in [3.63, 3.8) is 0 Å². The lowest BCUT2D eigenvalue weighted by molar-refractivity contribution is 0.627. The van der Waals surface area contributed by atoms with E-state index in [1.54, 1.807) is 23.9 Å². The summed E-state index contributed by atoms with van der Waals surface area (Å²) in [5.41, 5.74) is 1.98. The molecule has 0 bridgehead atoms. The molecule has 0 saturated carbocycles.